The number of amides is 2. The highest BCUT2D eigenvalue weighted by Gasteiger charge is 2.17. The van der Waals surface area contributed by atoms with Gasteiger partial charge in [0.15, 0.2) is 17.5 Å². The van der Waals surface area contributed by atoms with Gasteiger partial charge in [0.1, 0.15) is 0 Å². The lowest BCUT2D eigenvalue weighted by molar-refractivity contribution is -0.121. The zero-order valence-corrected chi connectivity index (χ0v) is 22.4. The summed E-state index contributed by atoms with van der Waals surface area (Å²) in [5, 5.41) is 11.5. The van der Waals surface area contributed by atoms with Crippen molar-refractivity contribution in [1.82, 2.24) is 20.8 Å². The minimum absolute atomic E-state index is 0.0421. The van der Waals surface area contributed by atoms with Crippen LogP contribution in [0.1, 0.15) is 37.8 Å². The van der Waals surface area contributed by atoms with Gasteiger partial charge >= 0.3 is 5.76 Å². The first-order chi connectivity index (χ1) is 18.7. The first kappa shape index (κ1) is 29.0. The van der Waals surface area contributed by atoms with Gasteiger partial charge in [0.05, 0.1) is 26.7 Å². The van der Waals surface area contributed by atoms with Crippen LogP contribution in [-0.4, -0.2) is 48.2 Å². The highest BCUT2D eigenvalue weighted by molar-refractivity contribution is 5.97. The van der Waals surface area contributed by atoms with Crippen molar-refractivity contribution in [3.8, 4) is 23.0 Å². The molecule has 1 atom stereocenters. The molecule has 0 unspecified atom stereocenters. The maximum absolute atomic E-state index is 12.7. The molecule has 0 aliphatic carbocycles. The Labute approximate surface area is 226 Å². The summed E-state index contributed by atoms with van der Waals surface area (Å²) >= 11 is 0. The van der Waals surface area contributed by atoms with Crippen molar-refractivity contribution in [2.75, 3.05) is 14.2 Å². The Balaban J connectivity index is 1.54. The van der Waals surface area contributed by atoms with Gasteiger partial charge in [-0.05, 0) is 47.7 Å². The Morgan fingerprint density at radius 2 is 1.74 bits per heavy atom. The van der Waals surface area contributed by atoms with Gasteiger partial charge in [0, 0.05) is 18.5 Å². The van der Waals surface area contributed by atoms with Crippen molar-refractivity contribution in [3.05, 3.63) is 64.1 Å². The van der Waals surface area contributed by atoms with Crippen LogP contribution in [0.5, 0.6) is 11.5 Å². The Morgan fingerprint density at radius 1 is 1.05 bits per heavy atom. The first-order valence-corrected chi connectivity index (χ1v) is 12.4. The standard InChI is InChI=1S/C27H34N6O6/c1-16(2)11-20(30-26(28)31-24(35)13-18-7-10-21(37-3)22(12-18)38-4)14-23(34)29-15-17-5-8-19(9-6-17)25-32-33-27(36)39-25/h5-10,12,16,20H,11,13-15H2,1-4H3,(H,29,34)(H,33,36)(H3,28,30,31,35)/t20-/m1/s1. The van der Waals surface area contributed by atoms with Gasteiger partial charge in [-0.25, -0.2) is 14.9 Å². The van der Waals surface area contributed by atoms with E-state index in [0.717, 1.165) is 11.1 Å². The van der Waals surface area contributed by atoms with Crippen molar-refractivity contribution in [3.63, 3.8) is 0 Å². The molecule has 39 heavy (non-hydrogen) atoms. The topological polar surface area (TPSA) is 174 Å². The highest BCUT2D eigenvalue weighted by Crippen LogP contribution is 2.27. The molecule has 12 nitrogen and oxygen atoms in total. The third kappa shape index (κ3) is 9.02. The number of carbonyl (C=O) groups excluding carboxylic acids is 2. The molecule has 3 aromatic rings. The second-order valence-electron chi connectivity index (χ2n) is 9.31. The zero-order valence-electron chi connectivity index (χ0n) is 22.4. The number of hydrogen-bond donors (Lipinski definition) is 4. The molecule has 0 aliphatic rings. The van der Waals surface area contributed by atoms with E-state index in [4.69, 9.17) is 19.6 Å². The highest BCUT2D eigenvalue weighted by atomic mass is 16.5. The zero-order chi connectivity index (χ0) is 28.4. The molecule has 5 N–H and O–H groups in total. The van der Waals surface area contributed by atoms with E-state index < -0.39 is 11.8 Å². The predicted octanol–water partition coefficient (Wildman–Crippen LogP) is 2.14. The van der Waals surface area contributed by atoms with E-state index in [1.54, 1.807) is 42.5 Å². The van der Waals surface area contributed by atoms with Crippen molar-refractivity contribution < 1.29 is 23.5 Å². The number of aromatic amines is 1. The fraction of sp³-hybridized carbons (Fsp3) is 0.370. The third-order valence-electron chi connectivity index (χ3n) is 5.69. The van der Waals surface area contributed by atoms with Gasteiger partial charge in [0.25, 0.3) is 0 Å². The lowest BCUT2D eigenvalue weighted by Gasteiger charge is -2.16. The average Bonchev–Trinajstić information content (AvgIpc) is 3.33. The minimum atomic E-state index is -0.627. The number of H-pyrrole nitrogens is 1. The second-order valence-corrected chi connectivity index (χ2v) is 9.31. The largest absolute Gasteiger partial charge is 0.493 e. The summed E-state index contributed by atoms with van der Waals surface area (Å²) in [4.78, 5) is 40.7. The molecule has 0 bridgehead atoms. The molecule has 0 aliphatic heterocycles. The second kappa shape index (κ2) is 13.8. The Kier molecular flexibility index (Phi) is 10.2. The Morgan fingerprint density at radius 3 is 2.36 bits per heavy atom. The van der Waals surface area contributed by atoms with Crippen LogP contribution in [0, 0.1) is 5.92 Å². The number of aromatic nitrogens is 2. The van der Waals surface area contributed by atoms with Crippen molar-refractivity contribution in [2.45, 2.75) is 45.7 Å². The number of benzene rings is 2. The maximum Gasteiger partial charge on any atom is 0.434 e. The fourth-order valence-corrected chi connectivity index (χ4v) is 3.92. The summed E-state index contributed by atoms with van der Waals surface area (Å²) in [6.45, 7) is 4.35. The van der Waals surface area contributed by atoms with E-state index >= 15 is 0 Å². The summed E-state index contributed by atoms with van der Waals surface area (Å²) in [6, 6.07) is 11.9. The van der Waals surface area contributed by atoms with Crippen LogP contribution in [0.2, 0.25) is 0 Å². The molecule has 0 saturated heterocycles. The van der Waals surface area contributed by atoms with Crippen LogP contribution in [0.4, 0.5) is 0 Å². The molecule has 1 aromatic heterocycles. The number of carbonyl (C=O) groups is 2. The number of rotatable bonds is 12. The number of nitrogens with two attached hydrogens (primary N) is 1. The summed E-state index contributed by atoms with van der Waals surface area (Å²) in [5.41, 5.74) is 8.23. The molecular weight excluding hydrogens is 504 g/mol. The normalized spacial score (nSPS) is 12.2. The SMILES string of the molecule is COc1ccc(CC(=O)NC(N)=N[C@@H](CC(=O)NCc2ccc(-c3n[nH]c(=O)o3)cc2)CC(C)C)cc1OC. The first-order valence-electron chi connectivity index (χ1n) is 12.4. The molecule has 2 amide bonds. The van der Waals surface area contributed by atoms with Gasteiger partial charge in [-0.1, -0.05) is 32.0 Å². The lowest BCUT2D eigenvalue weighted by atomic mass is 10.0. The summed E-state index contributed by atoms with van der Waals surface area (Å²) < 4.78 is 15.4. The van der Waals surface area contributed by atoms with Crippen molar-refractivity contribution in [1.29, 1.82) is 0 Å². The van der Waals surface area contributed by atoms with E-state index in [1.807, 2.05) is 13.8 Å². The number of aliphatic imine (C=N–C) groups is 1. The molecule has 12 heteroatoms. The number of nitrogens with zero attached hydrogens (tertiary/aromatic N) is 2. The molecule has 0 saturated carbocycles. The number of guanidine groups is 1. The van der Waals surface area contributed by atoms with Crippen LogP contribution in [0.25, 0.3) is 11.5 Å². The van der Waals surface area contributed by atoms with E-state index in [0.29, 0.717) is 30.0 Å². The molecular formula is C27H34N6O6. The molecule has 0 fully saturated rings. The van der Waals surface area contributed by atoms with Crippen molar-refractivity contribution in [2.24, 2.45) is 16.6 Å². The summed E-state index contributed by atoms with van der Waals surface area (Å²) in [5.74, 6) is 0.338. The van der Waals surface area contributed by atoms with Crippen LogP contribution in [0.3, 0.4) is 0 Å². The third-order valence-corrected chi connectivity index (χ3v) is 5.69. The predicted molar refractivity (Wildman–Crippen MR) is 145 cm³/mol. The van der Waals surface area contributed by atoms with Crippen LogP contribution in [0.15, 0.2) is 56.7 Å². The monoisotopic (exact) mass is 538 g/mol. The molecule has 1 heterocycles. The van der Waals surface area contributed by atoms with Gasteiger partial charge in [0.2, 0.25) is 17.7 Å². The number of nitrogens with one attached hydrogen (secondary N) is 3. The molecule has 2 aromatic carbocycles. The number of hydrogen-bond acceptors (Lipinski definition) is 8. The summed E-state index contributed by atoms with van der Waals surface area (Å²) in [6.07, 6.45) is 0.793. The van der Waals surface area contributed by atoms with Crippen LogP contribution < -0.4 is 31.6 Å². The van der Waals surface area contributed by atoms with Gasteiger partial charge in [-0.15, -0.1) is 5.10 Å². The summed E-state index contributed by atoms with van der Waals surface area (Å²) in [7, 11) is 3.07. The fourth-order valence-electron chi connectivity index (χ4n) is 3.92. The smallest absolute Gasteiger partial charge is 0.434 e. The van der Waals surface area contributed by atoms with Gasteiger partial charge < -0.3 is 24.9 Å². The van der Waals surface area contributed by atoms with Gasteiger partial charge in [-0.2, -0.15) is 0 Å². The van der Waals surface area contributed by atoms with E-state index in [2.05, 4.69) is 25.8 Å². The van der Waals surface area contributed by atoms with E-state index in [9.17, 15) is 14.4 Å². The average molecular weight is 539 g/mol. The Hall–Kier alpha value is -4.61. The molecule has 0 radical (unpaired) electrons. The molecule has 208 valence electrons. The maximum atomic E-state index is 12.7. The van der Waals surface area contributed by atoms with E-state index in [-0.39, 0.29) is 42.4 Å². The quantitative estimate of drug-likeness (QED) is 0.200. The minimum Gasteiger partial charge on any atom is -0.493 e. The number of methoxy groups -OCH3 is 2. The van der Waals surface area contributed by atoms with Crippen molar-refractivity contribution >= 4 is 17.8 Å². The Bertz CT molecular complexity index is 1350. The van der Waals surface area contributed by atoms with Crippen LogP contribution >= 0.6 is 0 Å². The number of ether oxygens (including phenoxy) is 2. The van der Waals surface area contributed by atoms with Crippen LogP contribution in [-0.2, 0) is 22.6 Å². The lowest BCUT2D eigenvalue weighted by Crippen LogP contribution is -2.39. The molecule has 0 spiro atoms. The van der Waals surface area contributed by atoms with Gasteiger partial charge in [-0.3, -0.25) is 14.9 Å². The molecule has 3 rings (SSSR count). The van der Waals surface area contributed by atoms with E-state index in [1.165, 1.54) is 14.2 Å².